The Morgan fingerprint density at radius 1 is 1.23 bits per heavy atom. The van der Waals surface area contributed by atoms with Crippen LogP contribution in [0.25, 0.3) is 6.08 Å². The Labute approximate surface area is 168 Å². The Balaban J connectivity index is 1.70. The Morgan fingerprint density at radius 3 is 2.81 bits per heavy atom. The molecule has 0 spiro atoms. The largest absolute Gasteiger partial charge is 0.497 e. The molecule has 0 amide bonds. The second kappa shape index (κ2) is 7.24. The maximum atomic E-state index is 12.8. The van der Waals surface area contributed by atoms with Gasteiger partial charge in [0, 0.05) is 9.26 Å². The zero-order valence-corrected chi connectivity index (χ0v) is 17.0. The van der Waals surface area contributed by atoms with Crippen LogP contribution < -0.4 is 24.5 Å². The highest BCUT2D eigenvalue weighted by Crippen LogP contribution is 2.17. The van der Waals surface area contributed by atoms with Crippen molar-refractivity contribution >= 4 is 45.7 Å². The Bertz CT molecular complexity index is 1120. The number of methoxy groups -OCH3 is 1. The molecule has 2 heterocycles. The molecule has 7 heteroatoms. The molecule has 0 bridgehead atoms. The van der Waals surface area contributed by atoms with E-state index >= 15 is 0 Å². The van der Waals surface area contributed by atoms with Crippen molar-refractivity contribution in [3.8, 4) is 5.75 Å². The molecule has 0 N–H and O–H groups in total. The van der Waals surface area contributed by atoms with E-state index < -0.39 is 0 Å². The van der Waals surface area contributed by atoms with Gasteiger partial charge >= 0.3 is 0 Å². The quantitative estimate of drug-likeness (QED) is 0.545. The third-order valence-corrected chi connectivity index (χ3v) is 5.92. The summed E-state index contributed by atoms with van der Waals surface area (Å²) < 4.78 is 8.85. The normalized spacial score (nSPS) is 14.1. The number of rotatable bonds is 3. The first-order chi connectivity index (χ1) is 12.6. The molecule has 132 valence electrons. The fourth-order valence-electron chi connectivity index (χ4n) is 2.81. The van der Waals surface area contributed by atoms with Gasteiger partial charge in [0.25, 0.3) is 5.56 Å². The fourth-order valence-corrected chi connectivity index (χ4v) is 4.13. The van der Waals surface area contributed by atoms with Crippen molar-refractivity contribution in [1.29, 1.82) is 0 Å². The predicted octanol–water partition coefficient (Wildman–Crippen LogP) is 2.41. The van der Waals surface area contributed by atoms with Gasteiger partial charge in [-0.25, -0.2) is 4.99 Å². The maximum absolute atomic E-state index is 12.8. The molecule has 1 aliphatic heterocycles. The van der Waals surface area contributed by atoms with Crippen LogP contribution in [0, 0.1) is 3.57 Å². The summed E-state index contributed by atoms with van der Waals surface area (Å²) in [5, 5.41) is 0. The number of hydrogen-bond donors (Lipinski definition) is 0. The summed E-state index contributed by atoms with van der Waals surface area (Å²) in [6.07, 6.45) is 1.89. The Hall–Kier alpha value is -2.13. The molecule has 1 aliphatic rings. The SMILES string of the molecule is COc1cccc(/C=c2\sc3n(c2=O)CN(c2ccc(I)cc2)CN=3)c1. The van der Waals surface area contributed by atoms with Gasteiger partial charge in [-0.3, -0.25) is 9.36 Å². The predicted molar refractivity (Wildman–Crippen MR) is 112 cm³/mol. The lowest BCUT2D eigenvalue weighted by molar-refractivity contribution is 0.414. The van der Waals surface area contributed by atoms with Crippen molar-refractivity contribution in [2.75, 3.05) is 18.7 Å². The molecule has 1 aromatic heterocycles. The minimum atomic E-state index is -0.00761. The average Bonchev–Trinajstić information content (AvgIpc) is 2.98. The number of fused-ring (bicyclic) bond motifs is 1. The number of benzene rings is 2. The summed E-state index contributed by atoms with van der Waals surface area (Å²) in [4.78, 5) is 20.3. The molecular weight excluding hydrogens is 461 g/mol. The van der Waals surface area contributed by atoms with Gasteiger partial charge in [-0.1, -0.05) is 23.5 Å². The topological polar surface area (TPSA) is 46.8 Å². The standard InChI is InChI=1S/C19H16IN3O2S/c1-25-16-4-2-3-13(9-16)10-17-18(24)23-12-22(11-21-19(23)26-17)15-7-5-14(20)6-8-15/h2-10H,11-12H2,1H3/b17-10-. The van der Waals surface area contributed by atoms with Crippen LogP contribution in [0.2, 0.25) is 0 Å². The summed E-state index contributed by atoms with van der Waals surface area (Å²) in [6, 6.07) is 15.9. The van der Waals surface area contributed by atoms with Crippen molar-refractivity contribution in [1.82, 2.24) is 4.57 Å². The van der Waals surface area contributed by atoms with E-state index in [9.17, 15) is 4.79 Å². The van der Waals surface area contributed by atoms with Crippen molar-refractivity contribution < 1.29 is 4.74 Å². The van der Waals surface area contributed by atoms with Crippen LogP contribution in [0.3, 0.4) is 0 Å². The molecule has 0 fully saturated rings. The first-order valence-electron chi connectivity index (χ1n) is 8.04. The van der Waals surface area contributed by atoms with Crippen LogP contribution in [-0.4, -0.2) is 18.3 Å². The van der Waals surface area contributed by atoms with Gasteiger partial charge in [0.1, 0.15) is 19.1 Å². The van der Waals surface area contributed by atoms with Gasteiger partial charge in [-0.05, 0) is 70.6 Å². The van der Waals surface area contributed by atoms with Gasteiger partial charge in [0.2, 0.25) is 0 Å². The molecule has 26 heavy (non-hydrogen) atoms. The number of thiazole rings is 1. The van der Waals surface area contributed by atoms with E-state index in [-0.39, 0.29) is 5.56 Å². The molecule has 0 saturated heterocycles. The lowest BCUT2D eigenvalue weighted by Gasteiger charge is -2.25. The molecule has 2 aromatic carbocycles. The van der Waals surface area contributed by atoms with Gasteiger partial charge < -0.3 is 9.64 Å². The first-order valence-corrected chi connectivity index (χ1v) is 9.94. The number of ether oxygens (including phenoxy) is 1. The van der Waals surface area contributed by atoms with Crippen LogP contribution in [0.1, 0.15) is 5.56 Å². The molecule has 4 rings (SSSR count). The minimum absolute atomic E-state index is 0.00761. The molecular formula is C19H16IN3O2S. The molecule has 0 unspecified atom stereocenters. The van der Waals surface area contributed by atoms with E-state index in [4.69, 9.17) is 4.74 Å². The second-order valence-corrected chi connectivity index (χ2v) is 8.11. The van der Waals surface area contributed by atoms with Gasteiger partial charge in [0.05, 0.1) is 11.6 Å². The highest BCUT2D eigenvalue weighted by Gasteiger charge is 2.15. The smallest absolute Gasteiger partial charge is 0.271 e. The monoisotopic (exact) mass is 477 g/mol. The summed E-state index contributed by atoms with van der Waals surface area (Å²) in [7, 11) is 1.63. The molecule has 0 radical (unpaired) electrons. The zero-order chi connectivity index (χ0) is 18.1. The van der Waals surface area contributed by atoms with E-state index in [0.29, 0.717) is 17.9 Å². The van der Waals surface area contributed by atoms with Gasteiger partial charge in [-0.15, -0.1) is 0 Å². The number of aromatic nitrogens is 1. The third kappa shape index (κ3) is 3.41. The zero-order valence-electron chi connectivity index (χ0n) is 14.1. The summed E-state index contributed by atoms with van der Waals surface area (Å²) in [5.74, 6) is 0.773. The Kier molecular flexibility index (Phi) is 4.82. The highest BCUT2D eigenvalue weighted by molar-refractivity contribution is 14.1. The van der Waals surface area contributed by atoms with Crippen LogP contribution in [0.4, 0.5) is 5.69 Å². The van der Waals surface area contributed by atoms with Crippen molar-refractivity contribution in [3.63, 3.8) is 0 Å². The number of anilines is 1. The van der Waals surface area contributed by atoms with Crippen LogP contribution in [0.15, 0.2) is 58.3 Å². The molecule has 0 saturated carbocycles. The van der Waals surface area contributed by atoms with E-state index in [2.05, 4.69) is 56.7 Å². The number of hydrogen-bond acceptors (Lipinski definition) is 5. The van der Waals surface area contributed by atoms with E-state index in [0.717, 1.165) is 21.8 Å². The summed E-state index contributed by atoms with van der Waals surface area (Å²) in [6.45, 7) is 1.07. The van der Waals surface area contributed by atoms with E-state index in [1.165, 1.54) is 14.9 Å². The second-order valence-electron chi connectivity index (χ2n) is 5.86. The lowest BCUT2D eigenvalue weighted by atomic mass is 10.2. The minimum Gasteiger partial charge on any atom is -0.497 e. The number of nitrogens with zero attached hydrogens (tertiary/aromatic N) is 3. The number of halogens is 1. The maximum Gasteiger partial charge on any atom is 0.271 e. The van der Waals surface area contributed by atoms with Crippen LogP contribution >= 0.6 is 33.9 Å². The van der Waals surface area contributed by atoms with E-state index in [1.807, 2.05) is 30.3 Å². The first kappa shape index (κ1) is 17.3. The highest BCUT2D eigenvalue weighted by atomic mass is 127. The van der Waals surface area contributed by atoms with E-state index in [1.54, 1.807) is 11.7 Å². The van der Waals surface area contributed by atoms with Crippen molar-refractivity contribution in [2.45, 2.75) is 6.67 Å². The third-order valence-electron chi connectivity index (χ3n) is 4.16. The van der Waals surface area contributed by atoms with Gasteiger partial charge in [-0.2, -0.15) is 0 Å². The Morgan fingerprint density at radius 2 is 2.04 bits per heavy atom. The summed E-state index contributed by atoms with van der Waals surface area (Å²) >= 11 is 3.71. The molecule has 0 atom stereocenters. The molecule has 3 aromatic rings. The fraction of sp³-hybridized carbons (Fsp3) is 0.158. The van der Waals surface area contributed by atoms with Crippen LogP contribution in [0.5, 0.6) is 5.75 Å². The lowest BCUT2D eigenvalue weighted by Crippen LogP contribution is -2.42. The average molecular weight is 477 g/mol. The molecule has 5 nitrogen and oxygen atoms in total. The summed E-state index contributed by atoms with van der Waals surface area (Å²) in [5.41, 5.74) is 2.00. The van der Waals surface area contributed by atoms with Crippen LogP contribution in [-0.2, 0) is 6.67 Å². The van der Waals surface area contributed by atoms with Crippen molar-refractivity contribution in [3.05, 3.63) is 77.4 Å². The van der Waals surface area contributed by atoms with Crippen molar-refractivity contribution in [2.24, 2.45) is 4.99 Å². The van der Waals surface area contributed by atoms with Gasteiger partial charge in [0.15, 0.2) is 4.80 Å². The molecule has 0 aliphatic carbocycles.